The molecule has 2 heterocycles. The molecule has 0 unspecified atom stereocenters. The summed E-state index contributed by atoms with van der Waals surface area (Å²) in [5.41, 5.74) is 0. The van der Waals surface area contributed by atoms with Crippen LogP contribution in [0.2, 0.25) is 0 Å². The van der Waals surface area contributed by atoms with Crippen LogP contribution in [0, 0.1) is 0 Å². The van der Waals surface area contributed by atoms with E-state index in [1.807, 2.05) is 0 Å². The lowest BCUT2D eigenvalue weighted by Gasteiger charge is -2.14. The molecule has 1 aliphatic heterocycles. The number of urea groups is 1. The number of amides is 2. The van der Waals surface area contributed by atoms with Crippen molar-refractivity contribution in [3.8, 4) is 6.01 Å². The number of nitrogens with one attached hydrogen (secondary N) is 2. The van der Waals surface area contributed by atoms with E-state index >= 15 is 0 Å². The molecule has 82 valence electrons. The van der Waals surface area contributed by atoms with Crippen molar-refractivity contribution in [2.24, 2.45) is 0 Å². The first kappa shape index (κ1) is 9.75. The zero-order valence-corrected chi connectivity index (χ0v) is 8.49. The monoisotopic (exact) mass is 211 g/mol. The molecule has 15 heavy (non-hydrogen) atoms. The van der Waals surface area contributed by atoms with Crippen LogP contribution in [0.1, 0.15) is 12.8 Å². The third-order valence-corrected chi connectivity index (χ3v) is 2.27. The second-order valence-electron chi connectivity index (χ2n) is 3.30. The van der Waals surface area contributed by atoms with Gasteiger partial charge in [0.05, 0.1) is 7.11 Å². The molecule has 0 aliphatic carbocycles. The van der Waals surface area contributed by atoms with E-state index in [9.17, 15) is 4.79 Å². The van der Waals surface area contributed by atoms with Crippen LogP contribution in [0.4, 0.5) is 10.7 Å². The van der Waals surface area contributed by atoms with Crippen molar-refractivity contribution in [3.63, 3.8) is 0 Å². The number of H-pyrrole nitrogens is 1. The molecule has 2 amide bonds. The first-order chi connectivity index (χ1) is 7.29. The van der Waals surface area contributed by atoms with E-state index in [1.165, 1.54) is 7.11 Å². The van der Waals surface area contributed by atoms with Crippen LogP contribution in [0.3, 0.4) is 0 Å². The lowest BCUT2D eigenvalue weighted by atomic mass is 10.4. The second kappa shape index (κ2) is 4.16. The van der Waals surface area contributed by atoms with E-state index in [0.717, 1.165) is 25.9 Å². The molecule has 2 N–H and O–H groups in total. The van der Waals surface area contributed by atoms with E-state index in [0.29, 0.717) is 5.95 Å². The molecule has 0 aromatic carbocycles. The maximum atomic E-state index is 11.6. The average molecular weight is 211 g/mol. The predicted molar refractivity (Wildman–Crippen MR) is 52.8 cm³/mol. The van der Waals surface area contributed by atoms with Gasteiger partial charge in [0.2, 0.25) is 5.95 Å². The highest BCUT2D eigenvalue weighted by molar-refractivity contribution is 5.87. The van der Waals surface area contributed by atoms with Gasteiger partial charge in [-0.05, 0) is 12.8 Å². The van der Waals surface area contributed by atoms with Gasteiger partial charge in [0, 0.05) is 13.1 Å². The fourth-order valence-electron chi connectivity index (χ4n) is 1.49. The summed E-state index contributed by atoms with van der Waals surface area (Å²) >= 11 is 0. The van der Waals surface area contributed by atoms with Gasteiger partial charge >= 0.3 is 12.0 Å². The van der Waals surface area contributed by atoms with Gasteiger partial charge in [0.15, 0.2) is 0 Å². The zero-order valence-electron chi connectivity index (χ0n) is 8.49. The Labute approximate surface area is 86.8 Å². The van der Waals surface area contributed by atoms with Gasteiger partial charge in [0.1, 0.15) is 0 Å². The lowest BCUT2D eigenvalue weighted by molar-refractivity contribution is 0.222. The number of methoxy groups -OCH3 is 1. The third-order valence-electron chi connectivity index (χ3n) is 2.27. The molecule has 1 saturated heterocycles. The van der Waals surface area contributed by atoms with Crippen molar-refractivity contribution in [2.45, 2.75) is 12.8 Å². The molecule has 0 saturated carbocycles. The van der Waals surface area contributed by atoms with Crippen molar-refractivity contribution in [1.29, 1.82) is 0 Å². The van der Waals surface area contributed by atoms with E-state index in [1.54, 1.807) is 4.90 Å². The number of likely N-dealkylation sites (tertiary alicyclic amines) is 1. The van der Waals surface area contributed by atoms with E-state index < -0.39 is 0 Å². The fraction of sp³-hybridized carbons (Fsp3) is 0.625. The van der Waals surface area contributed by atoms with Gasteiger partial charge in [-0.2, -0.15) is 4.98 Å². The van der Waals surface area contributed by atoms with Crippen LogP contribution >= 0.6 is 0 Å². The molecule has 1 fully saturated rings. The molecule has 7 heteroatoms. The second-order valence-corrected chi connectivity index (χ2v) is 3.30. The minimum absolute atomic E-state index is 0.147. The van der Waals surface area contributed by atoms with Crippen molar-refractivity contribution in [3.05, 3.63) is 0 Å². The third kappa shape index (κ3) is 2.17. The fourth-order valence-corrected chi connectivity index (χ4v) is 1.49. The van der Waals surface area contributed by atoms with Gasteiger partial charge in [0.25, 0.3) is 0 Å². The minimum Gasteiger partial charge on any atom is -0.466 e. The molecule has 1 aromatic heterocycles. The standard InChI is InChI=1S/C8H13N5O2/c1-15-7-9-6(11-12-7)10-8(14)13-4-2-3-5-13/h2-5H2,1H3,(H2,9,10,11,12,14). The summed E-state index contributed by atoms with van der Waals surface area (Å²) in [5, 5.41) is 8.91. The number of nitrogens with zero attached hydrogens (tertiary/aromatic N) is 3. The van der Waals surface area contributed by atoms with Gasteiger partial charge in [-0.15, -0.1) is 5.10 Å². The summed E-state index contributed by atoms with van der Waals surface area (Å²) in [5.74, 6) is 0.309. The van der Waals surface area contributed by atoms with Gasteiger partial charge in [-0.1, -0.05) is 0 Å². The quantitative estimate of drug-likeness (QED) is 0.743. The Morgan fingerprint density at radius 1 is 1.53 bits per heavy atom. The highest BCUT2D eigenvalue weighted by Crippen LogP contribution is 2.10. The Morgan fingerprint density at radius 2 is 2.27 bits per heavy atom. The van der Waals surface area contributed by atoms with Crippen LogP contribution in [-0.2, 0) is 0 Å². The number of aromatic nitrogens is 3. The molecule has 0 bridgehead atoms. The number of hydrogen-bond donors (Lipinski definition) is 2. The summed E-state index contributed by atoms with van der Waals surface area (Å²) < 4.78 is 4.78. The predicted octanol–water partition coefficient (Wildman–Crippen LogP) is 0.441. The summed E-state index contributed by atoms with van der Waals surface area (Å²) in [6.07, 6.45) is 2.13. The number of carbonyl (C=O) groups excluding carboxylic acids is 1. The van der Waals surface area contributed by atoms with E-state index in [2.05, 4.69) is 20.5 Å². The van der Waals surface area contributed by atoms with Crippen LogP contribution in [-0.4, -0.2) is 46.3 Å². The molecule has 0 spiro atoms. The molecular weight excluding hydrogens is 198 g/mol. The largest absolute Gasteiger partial charge is 0.466 e. The average Bonchev–Trinajstić information content (AvgIpc) is 2.87. The SMILES string of the molecule is COc1n[nH]c(NC(=O)N2CCCC2)n1. The Morgan fingerprint density at radius 3 is 2.87 bits per heavy atom. The molecular formula is C8H13N5O2. The molecule has 0 radical (unpaired) electrons. The van der Waals surface area contributed by atoms with Crippen LogP contribution in [0.15, 0.2) is 0 Å². The van der Waals surface area contributed by atoms with Gasteiger partial charge in [-0.3, -0.25) is 5.32 Å². The Kier molecular flexibility index (Phi) is 2.70. The van der Waals surface area contributed by atoms with Gasteiger partial charge < -0.3 is 9.64 Å². The summed E-state index contributed by atoms with van der Waals surface area (Å²) in [7, 11) is 1.47. The molecule has 1 aromatic rings. The van der Waals surface area contributed by atoms with Crippen LogP contribution in [0.25, 0.3) is 0 Å². The molecule has 1 aliphatic rings. The summed E-state index contributed by atoms with van der Waals surface area (Å²) in [6.45, 7) is 1.61. The molecule has 7 nitrogen and oxygen atoms in total. The highest BCUT2D eigenvalue weighted by Gasteiger charge is 2.18. The van der Waals surface area contributed by atoms with Gasteiger partial charge in [-0.25, -0.2) is 9.89 Å². The Hall–Kier alpha value is -1.79. The maximum Gasteiger partial charge on any atom is 0.336 e. The number of carbonyl (C=O) groups is 1. The number of aromatic amines is 1. The normalized spacial score (nSPS) is 15.4. The Balaban J connectivity index is 1.92. The van der Waals surface area contributed by atoms with Crippen LogP contribution < -0.4 is 10.1 Å². The first-order valence-corrected chi connectivity index (χ1v) is 4.82. The topological polar surface area (TPSA) is 83.1 Å². The van der Waals surface area contributed by atoms with Crippen molar-refractivity contribution in [2.75, 3.05) is 25.5 Å². The number of rotatable bonds is 2. The minimum atomic E-state index is -0.147. The summed E-state index contributed by atoms with van der Waals surface area (Å²) in [4.78, 5) is 17.2. The highest BCUT2D eigenvalue weighted by atomic mass is 16.5. The number of anilines is 1. The zero-order chi connectivity index (χ0) is 10.7. The van der Waals surface area contributed by atoms with Crippen molar-refractivity contribution >= 4 is 12.0 Å². The Bertz CT molecular complexity index is 345. The van der Waals surface area contributed by atoms with E-state index in [4.69, 9.17) is 4.74 Å². The first-order valence-electron chi connectivity index (χ1n) is 4.82. The van der Waals surface area contributed by atoms with Crippen molar-refractivity contribution in [1.82, 2.24) is 20.1 Å². The van der Waals surface area contributed by atoms with Crippen LogP contribution in [0.5, 0.6) is 6.01 Å². The molecule has 0 atom stereocenters. The maximum absolute atomic E-state index is 11.6. The van der Waals surface area contributed by atoms with Crippen molar-refractivity contribution < 1.29 is 9.53 Å². The lowest BCUT2D eigenvalue weighted by Crippen LogP contribution is -2.32. The molecule has 2 rings (SSSR count). The number of hydrogen-bond acceptors (Lipinski definition) is 4. The number of ether oxygens (including phenoxy) is 1. The smallest absolute Gasteiger partial charge is 0.336 e. The van der Waals surface area contributed by atoms with E-state index in [-0.39, 0.29) is 12.0 Å². The summed E-state index contributed by atoms with van der Waals surface area (Å²) in [6, 6.07) is 0.0676.